The molecule has 3 N–H and O–H groups in total. The highest BCUT2D eigenvalue weighted by atomic mass is 35.5. The molecule has 3 rings (SSSR count). The van der Waals surface area contributed by atoms with E-state index in [4.69, 9.17) is 21.8 Å². The average molecular weight is 405 g/mol. The van der Waals surface area contributed by atoms with Crippen LogP contribution in [0.25, 0.3) is 0 Å². The van der Waals surface area contributed by atoms with E-state index in [2.05, 4.69) is 46.7 Å². The van der Waals surface area contributed by atoms with E-state index in [-0.39, 0.29) is 5.41 Å². The number of halogens is 1. The maximum absolute atomic E-state index is 9.55. The second-order valence-corrected chi connectivity index (χ2v) is 7.13. The van der Waals surface area contributed by atoms with Gasteiger partial charge in [0.05, 0.1) is 0 Å². The lowest BCUT2D eigenvalue weighted by Crippen LogP contribution is -2.49. The van der Waals surface area contributed by atoms with Gasteiger partial charge in [0.25, 0.3) is 0 Å². The van der Waals surface area contributed by atoms with Crippen molar-refractivity contribution in [3.63, 3.8) is 0 Å². The number of carboxylic acid groups (broad SMARTS) is 2. The van der Waals surface area contributed by atoms with Gasteiger partial charge in [-0.15, -0.1) is 0 Å². The van der Waals surface area contributed by atoms with Crippen LogP contribution < -0.4 is 5.32 Å². The van der Waals surface area contributed by atoms with Crippen LogP contribution in [0.5, 0.6) is 0 Å². The number of carbonyl (C=O) groups is 2. The molecule has 0 saturated carbocycles. The van der Waals surface area contributed by atoms with Crippen molar-refractivity contribution in [3.8, 4) is 0 Å². The van der Waals surface area contributed by atoms with E-state index < -0.39 is 11.9 Å². The molecule has 1 fully saturated rings. The number of nitrogens with zero attached hydrogens (tertiary/aromatic N) is 1. The van der Waals surface area contributed by atoms with Gasteiger partial charge in [0, 0.05) is 55.3 Å². The normalized spacial score (nSPS) is 21.9. The van der Waals surface area contributed by atoms with Gasteiger partial charge in [-0.1, -0.05) is 48.0 Å². The van der Waals surface area contributed by atoms with Crippen molar-refractivity contribution >= 4 is 23.5 Å². The van der Waals surface area contributed by atoms with E-state index in [1.54, 1.807) is 0 Å². The van der Waals surface area contributed by atoms with Gasteiger partial charge >= 0.3 is 11.9 Å². The fourth-order valence-corrected chi connectivity index (χ4v) is 3.41. The van der Waals surface area contributed by atoms with Crippen LogP contribution in [-0.4, -0.2) is 59.8 Å². The van der Waals surface area contributed by atoms with Gasteiger partial charge in [-0.25, -0.2) is 9.59 Å². The van der Waals surface area contributed by atoms with E-state index in [0.29, 0.717) is 12.2 Å². The molecule has 28 heavy (non-hydrogen) atoms. The Morgan fingerprint density at radius 1 is 1.07 bits per heavy atom. The van der Waals surface area contributed by atoms with Crippen molar-refractivity contribution in [1.29, 1.82) is 0 Å². The summed E-state index contributed by atoms with van der Waals surface area (Å²) in [6, 6.07) is 8.35. The number of carboxylic acids is 2. The summed E-state index contributed by atoms with van der Waals surface area (Å²) in [6.07, 6.45) is 11.1. The van der Waals surface area contributed by atoms with Crippen molar-refractivity contribution < 1.29 is 19.8 Å². The average Bonchev–Trinajstić information content (AvgIpc) is 2.69. The van der Waals surface area contributed by atoms with Crippen molar-refractivity contribution in [2.45, 2.75) is 11.8 Å². The number of piperazine rings is 1. The zero-order valence-corrected chi connectivity index (χ0v) is 16.3. The molecular weight excluding hydrogens is 380 g/mol. The summed E-state index contributed by atoms with van der Waals surface area (Å²) < 4.78 is 0. The molecule has 2 aliphatic rings. The molecule has 0 amide bonds. The van der Waals surface area contributed by atoms with Gasteiger partial charge in [0.15, 0.2) is 0 Å². The molecule has 150 valence electrons. The van der Waals surface area contributed by atoms with E-state index in [1.165, 1.54) is 5.56 Å². The number of rotatable bonds is 5. The highest BCUT2D eigenvalue weighted by Gasteiger charge is 2.32. The van der Waals surface area contributed by atoms with Crippen molar-refractivity contribution in [2.24, 2.45) is 0 Å². The largest absolute Gasteiger partial charge is 0.478 e. The molecule has 0 aromatic heterocycles. The second-order valence-electron chi connectivity index (χ2n) is 6.69. The molecule has 1 aliphatic carbocycles. The summed E-state index contributed by atoms with van der Waals surface area (Å²) in [4.78, 5) is 21.7. The zero-order chi connectivity index (χ0) is 20.4. The lowest BCUT2D eigenvalue weighted by atomic mass is 9.75. The molecule has 1 aromatic carbocycles. The fourth-order valence-electron chi connectivity index (χ4n) is 3.28. The quantitative estimate of drug-likeness (QED) is 0.654. The SMILES string of the molecule is Clc1ccc([C@]2(CN3CCNCC3)C=CC=CC2)cc1.O=C(O)/C=C/C(=O)O. The van der Waals surface area contributed by atoms with Crippen LogP contribution in [0.15, 0.2) is 60.7 Å². The Bertz CT molecular complexity index is 736. The monoisotopic (exact) mass is 404 g/mol. The van der Waals surface area contributed by atoms with Gasteiger partial charge in [0.2, 0.25) is 0 Å². The molecule has 7 heteroatoms. The third kappa shape index (κ3) is 6.96. The minimum Gasteiger partial charge on any atom is -0.478 e. The Labute approximate surface area is 169 Å². The summed E-state index contributed by atoms with van der Waals surface area (Å²) >= 11 is 6.04. The lowest BCUT2D eigenvalue weighted by molar-refractivity contribution is -0.134. The Balaban J connectivity index is 0.000000300. The first-order valence-corrected chi connectivity index (χ1v) is 9.46. The number of nitrogens with one attached hydrogen (secondary N) is 1. The molecule has 0 unspecified atom stereocenters. The predicted molar refractivity (Wildman–Crippen MR) is 110 cm³/mol. The van der Waals surface area contributed by atoms with Gasteiger partial charge < -0.3 is 15.5 Å². The lowest BCUT2D eigenvalue weighted by Gasteiger charge is -2.39. The highest BCUT2D eigenvalue weighted by Crippen LogP contribution is 2.34. The number of allylic oxidation sites excluding steroid dienone is 3. The Kier molecular flexibility index (Phi) is 8.44. The fraction of sp³-hybridized carbons (Fsp3) is 0.333. The number of benzene rings is 1. The van der Waals surface area contributed by atoms with Crippen LogP contribution in [0.3, 0.4) is 0 Å². The molecule has 1 atom stereocenters. The molecular formula is C21H25ClN2O4. The van der Waals surface area contributed by atoms with E-state index in [0.717, 1.165) is 44.2 Å². The zero-order valence-electron chi connectivity index (χ0n) is 15.6. The van der Waals surface area contributed by atoms with Gasteiger partial charge in [-0.2, -0.15) is 0 Å². The summed E-state index contributed by atoms with van der Waals surface area (Å²) in [6.45, 7) is 5.53. The summed E-state index contributed by atoms with van der Waals surface area (Å²) in [5, 5.41) is 19.9. The van der Waals surface area contributed by atoms with E-state index in [1.807, 2.05) is 12.1 Å². The van der Waals surface area contributed by atoms with E-state index >= 15 is 0 Å². The maximum Gasteiger partial charge on any atom is 0.328 e. The van der Waals surface area contributed by atoms with E-state index in [9.17, 15) is 9.59 Å². The van der Waals surface area contributed by atoms with Crippen molar-refractivity contribution in [1.82, 2.24) is 10.2 Å². The van der Waals surface area contributed by atoms with Crippen LogP contribution in [-0.2, 0) is 15.0 Å². The van der Waals surface area contributed by atoms with Crippen molar-refractivity contribution in [3.05, 3.63) is 71.3 Å². The van der Waals surface area contributed by atoms with Crippen molar-refractivity contribution in [2.75, 3.05) is 32.7 Å². The Hall–Kier alpha value is -2.41. The summed E-state index contributed by atoms with van der Waals surface area (Å²) in [5.41, 5.74) is 1.46. The van der Waals surface area contributed by atoms with Crippen LogP contribution in [0.4, 0.5) is 0 Å². The molecule has 1 aromatic rings. The smallest absolute Gasteiger partial charge is 0.328 e. The number of hydrogen-bond donors (Lipinski definition) is 3. The molecule has 1 saturated heterocycles. The number of hydrogen-bond acceptors (Lipinski definition) is 4. The maximum atomic E-state index is 9.55. The Morgan fingerprint density at radius 2 is 1.68 bits per heavy atom. The first-order chi connectivity index (χ1) is 13.4. The molecule has 6 nitrogen and oxygen atoms in total. The number of aliphatic carboxylic acids is 2. The molecule has 0 radical (unpaired) electrons. The minimum absolute atomic E-state index is 0.0939. The third-order valence-electron chi connectivity index (χ3n) is 4.65. The molecule has 0 spiro atoms. The minimum atomic E-state index is -1.26. The first-order valence-electron chi connectivity index (χ1n) is 9.09. The van der Waals surface area contributed by atoms with Gasteiger partial charge in [0.1, 0.15) is 0 Å². The highest BCUT2D eigenvalue weighted by molar-refractivity contribution is 6.30. The van der Waals surface area contributed by atoms with Crippen LogP contribution in [0.1, 0.15) is 12.0 Å². The standard InChI is InChI=1S/C17H21ClN2.C4H4O4/c18-16-6-4-15(5-7-16)17(8-2-1-3-9-17)14-20-12-10-19-11-13-20;5-3(6)1-2-4(7)8/h1-8,19H,9-14H2;1-2H,(H,5,6)(H,7,8)/b;2-1+/t17-;/m1./s1. The van der Waals surface area contributed by atoms with Gasteiger partial charge in [-0.3, -0.25) is 4.90 Å². The second kappa shape index (κ2) is 10.8. The van der Waals surface area contributed by atoms with Gasteiger partial charge in [-0.05, 0) is 24.1 Å². The molecule has 0 bridgehead atoms. The van der Waals surface area contributed by atoms with Crippen LogP contribution >= 0.6 is 11.6 Å². The summed E-state index contributed by atoms with van der Waals surface area (Å²) in [7, 11) is 0. The molecule has 1 heterocycles. The van der Waals surface area contributed by atoms with Crippen LogP contribution in [0.2, 0.25) is 5.02 Å². The summed E-state index contributed by atoms with van der Waals surface area (Å²) in [5.74, 6) is -2.51. The van der Waals surface area contributed by atoms with Crippen LogP contribution in [0, 0.1) is 0 Å². The first kappa shape index (κ1) is 21.9. The predicted octanol–water partition coefficient (Wildman–Crippen LogP) is 2.71. The third-order valence-corrected chi connectivity index (χ3v) is 4.90. The topological polar surface area (TPSA) is 89.9 Å². The molecule has 1 aliphatic heterocycles. The Morgan fingerprint density at radius 3 is 2.18 bits per heavy atom.